The molecular formula is C15H16N4O3S. The molecule has 1 aliphatic carbocycles. The minimum Gasteiger partial charge on any atom is -0.383 e. The summed E-state index contributed by atoms with van der Waals surface area (Å²) < 4.78 is 29.6. The Kier molecular flexibility index (Phi) is 3.79. The van der Waals surface area contributed by atoms with Gasteiger partial charge in [-0.15, -0.1) is 0 Å². The van der Waals surface area contributed by atoms with Crippen LogP contribution in [-0.2, 0) is 23.1 Å². The van der Waals surface area contributed by atoms with Crippen molar-refractivity contribution >= 4 is 10.1 Å². The third kappa shape index (κ3) is 3.18. The predicted octanol–water partition coefficient (Wildman–Crippen LogP) is 3.10. The van der Waals surface area contributed by atoms with Gasteiger partial charge in [-0.1, -0.05) is 18.1 Å². The molecule has 1 heterocycles. The van der Waals surface area contributed by atoms with Gasteiger partial charge >= 0.3 is 10.1 Å². The number of aromatic nitrogens is 1. The van der Waals surface area contributed by atoms with E-state index in [0.29, 0.717) is 12.3 Å². The van der Waals surface area contributed by atoms with Gasteiger partial charge in [-0.05, 0) is 34.9 Å². The van der Waals surface area contributed by atoms with Crippen LogP contribution in [0.15, 0.2) is 35.6 Å². The number of fused-ring (bicyclic) bond motifs is 3. The molecule has 0 saturated carbocycles. The third-order valence-electron chi connectivity index (χ3n) is 3.72. The van der Waals surface area contributed by atoms with Crippen LogP contribution in [0.25, 0.3) is 21.7 Å². The Morgan fingerprint density at radius 2 is 2.17 bits per heavy atom. The maximum absolute atomic E-state index is 11.3. The van der Waals surface area contributed by atoms with Crippen molar-refractivity contribution in [1.29, 1.82) is 0 Å². The summed E-state index contributed by atoms with van der Waals surface area (Å²) in [5.74, 6) is 0.301. The quantitative estimate of drug-likeness (QED) is 0.311. The van der Waals surface area contributed by atoms with Gasteiger partial charge in [0.2, 0.25) is 0 Å². The average molecular weight is 332 g/mol. The normalized spacial score (nSPS) is 13.8. The zero-order valence-corrected chi connectivity index (χ0v) is 13.6. The molecule has 0 saturated heterocycles. The first-order valence-corrected chi connectivity index (χ1v) is 8.94. The molecule has 1 aromatic heterocycles. The number of azide groups is 1. The second-order valence-corrected chi connectivity index (χ2v) is 7.25. The molecule has 1 aliphatic rings. The maximum Gasteiger partial charge on any atom is 0.306 e. The highest BCUT2D eigenvalue weighted by Crippen LogP contribution is 2.39. The third-order valence-corrected chi connectivity index (χ3v) is 4.22. The van der Waals surface area contributed by atoms with E-state index in [0.717, 1.165) is 29.5 Å². The van der Waals surface area contributed by atoms with Crippen LogP contribution >= 0.6 is 0 Å². The van der Waals surface area contributed by atoms with Crippen molar-refractivity contribution in [2.75, 3.05) is 6.26 Å². The van der Waals surface area contributed by atoms with E-state index in [9.17, 15) is 8.42 Å². The van der Waals surface area contributed by atoms with Gasteiger partial charge in [0.05, 0.1) is 18.0 Å². The molecule has 120 valence electrons. The largest absolute Gasteiger partial charge is 0.383 e. The molecule has 1 atom stereocenters. The summed E-state index contributed by atoms with van der Waals surface area (Å²) in [6.45, 7) is 2.42. The monoisotopic (exact) mass is 332 g/mol. The van der Waals surface area contributed by atoms with Crippen molar-refractivity contribution in [3.63, 3.8) is 0 Å². The zero-order chi connectivity index (χ0) is 16.6. The molecule has 1 aromatic carbocycles. The Bertz CT molecular complexity index is 911. The van der Waals surface area contributed by atoms with Crippen LogP contribution < -0.4 is 4.18 Å². The Balaban J connectivity index is 1.99. The summed E-state index contributed by atoms with van der Waals surface area (Å²) in [6, 6.07) is 7.16. The lowest BCUT2D eigenvalue weighted by Crippen LogP contribution is -2.10. The summed E-state index contributed by atoms with van der Waals surface area (Å²) in [7, 11) is -3.56. The van der Waals surface area contributed by atoms with Crippen molar-refractivity contribution in [2.24, 2.45) is 5.11 Å². The van der Waals surface area contributed by atoms with Crippen molar-refractivity contribution in [3.8, 4) is 17.0 Å². The fourth-order valence-corrected chi connectivity index (χ4v) is 3.36. The summed E-state index contributed by atoms with van der Waals surface area (Å²) in [6.07, 6.45) is 3.78. The van der Waals surface area contributed by atoms with Gasteiger partial charge < -0.3 is 8.75 Å². The molecule has 0 bridgehead atoms. The molecule has 0 spiro atoms. The minimum atomic E-state index is -3.56. The molecule has 0 radical (unpaired) electrons. The molecule has 0 aliphatic heterocycles. The number of benzene rings is 1. The van der Waals surface area contributed by atoms with Crippen LogP contribution in [0.2, 0.25) is 0 Å². The maximum atomic E-state index is 11.3. The van der Waals surface area contributed by atoms with Gasteiger partial charge in [-0.3, -0.25) is 0 Å². The SMILES string of the molecule is C[C@@H](Cn1ccc2c1-c1cc(OS(C)(=O)=O)ccc1C2)N=[N+]=[N-]. The molecule has 23 heavy (non-hydrogen) atoms. The van der Waals surface area contributed by atoms with Crippen molar-refractivity contribution in [2.45, 2.75) is 25.9 Å². The second kappa shape index (κ2) is 5.64. The molecule has 0 N–H and O–H groups in total. The molecule has 0 unspecified atom stereocenters. The molecule has 0 fully saturated rings. The summed E-state index contributed by atoms with van der Waals surface area (Å²) in [5.41, 5.74) is 12.8. The Hall–Kier alpha value is -2.44. The highest BCUT2D eigenvalue weighted by Gasteiger charge is 2.23. The lowest BCUT2D eigenvalue weighted by molar-refractivity contribution is 0.493. The number of nitrogens with zero attached hydrogens (tertiary/aromatic N) is 4. The Labute approximate surface area is 134 Å². The zero-order valence-electron chi connectivity index (χ0n) is 12.8. The Morgan fingerprint density at radius 1 is 1.39 bits per heavy atom. The summed E-state index contributed by atoms with van der Waals surface area (Å²) in [4.78, 5) is 2.83. The van der Waals surface area contributed by atoms with Gasteiger partial charge in [0.1, 0.15) is 5.75 Å². The van der Waals surface area contributed by atoms with Crippen LogP contribution in [0, 0.1) is 0 Å². The van der Waals surface area contributed by atoms with E-state index in [-0.39, 0.29) is 6.04 Å². The number of hydrogen-bond acceptors (Lipinski definition) is 4. The highest BCUT2D eigenvalue weighted by atomic mass is 32.2. The number of hydrogen-bond donors (Lipinski definition) is 0. The van der Waals surface area contributed by atoms with E-state index in [1.54, 1.807) is 12.1 Å². The van der Waals surface area contributed by atoms with Crippen molar-refractivity contribution in [1.82, 2.24) is 4.57 Å². The van der Waals surface area contributed by atoms with E-state index < -0.39 is 10.1 Å². The molecule has 8 heteroatoms. The first-order valence-electron chi connectivity index (χ1n) is 7.12. The fourth-order valence-electron chi connectivity index (χ4n) is 2.91. The van der Waals surface area contributed by atoms with Crippen LogP contribution in [0.3, 0.4) is 0 Å². The van der Waals surface area contributed by atoms with Crippen molar-refractivity contribution < 1.29 is 12.6 Å². The number of rotatable bonds is 5. The van der Waals surface area contributed by atoms with E-state index in [4.69, 9.17) is 9.71 Å². The highest BCUT2D eigenvalue weighted by molar-refractivity contribution is 7.86. The summed E-state index contributed by atoms with van der Waals surface area (Å²) >= 11 is 0. The van der Waals surface area contributed by atoms with Crippen LogP contribution in [-0.4, -0.2) is 25.3 Å². The van der Waals surface area contributed by atoms with Crippen LogP contribution in [0.4, 0.5) is 0 Å². The first-order chi connectivity index (χ1) is 10.9. The second-order valence-electron chi connectivity index (χ2n) is 5.68. The van der Waals surface area contributed by atoms with Crippen LogP contribution in [0.1, 0.15) is 18.1 Å². The van der Waals surface area contributed by atoms with Crippen molar-refractivity contribution in [3.05, 3.63) is 52.0 Å². The lowest BCUT2D eigenvalue weighted by Gasteiger charge is -2.12. The average Bonchev–Trinajstić information content (AvgIpc) is 2.97. The van der Waals surface area contributed by atoms with E-state index in [1.807, 2.05) is 29.8 Å². The summed E-state index contributed by atoms with van der Waals surface area (Å²) in [5, 5.41) is 3.70. The fraction of sp³-hybridized carbons (Fsp3) is 0.333. The molecule has 0 amide bonds. The standard InChI is InChI=1S/C15H16N4O3S/c1-10(17-18-16)9-19-6-5-12-7-11-3-4-13(22-23(2,20)21)8-14(11)15(12)19/h3-6,8,10H,7,9H2,1-2H3/t10-/m0/s1. The van der Waals surface area contributed by atoms with Gasteiger partial charge in [-0.2, -0.15) is 8.42 Å². The van der Waals surface area contributed by atoms with Crippen LogP contribution in [0.5, 0.6) is 5.75 Å². The molecule has 3 rings (SSSR count). The van der Waals surface area contributed by atoms with Gasteiger partial charge in [0.15, 0.2) is 0 Å². The van der Waals surface area contributed by atoms with Gasteiger partial charge in [-0.25, -0.2) is 0 Å². The van der Waals surface area contributed by atoms with E-state index in [2.05, 4.69) is 10.0 Å². The van der Waals surface area contributed by atoms with E-state index >= 15 is 0 Å². The Morgan fingerprint density at radius 3 is 2.87 bits per heavy atom. The van der Waals surface area contributed by atoms with Gasteiger partial charge in [0, 0.05) is 29.6 Å². The lowest BCUT2D eigenvalue weighted by atomic mass is 10.1. The smallest absolute Gasteiger partial charge is 0.306 e. The topological polar surface area (TPSA) is 97.1 Å². The van der Waals surface area contributed by atoms with Gasteiger partial charge in [0.25, 0.3) is 0 Å². The molecule has 7 nitrogen and oxygen atoms in total. The molecular weight excluding hydrogens is 316 g/mol. The molecule has 2 aromatic rings. The minimum absolute atomic E-state index is 0.170. The first kappa shape index (κ1) is 15.5. The predicted molar refractivity (Wildman–Crippen MR) is 86.8 cm³/mol. The van der Waals surface area contributed by atoms with E-state index in [1.165, 1.54) is 5.56 Å².